The number of hydrogen-bond acceptors (Lipinski definition) is 3. The molecule has 0 atom stereocenters. The van der Waals surface area contributed by atoms with Gasteiger partial charge in [-0.15, -0.1) is 0 Å². The van der Waals surface area contributed by atoms with E-state index in [4.69, 9.17) is 5.11 Å². The van der Waals surface area contributed by atoms with Gasteiger partial charge in [0.25, 0.3) is 0 Å². The first-order valence-electron chi connectivity index (χ1n) is 3.91. The SMILES string of the molecule is O=C(O)c1ccc2c(c1)NCC=N2. The average Bonchev–Trinajstić information content (AvgIpc) is 2.17. The lowest BCUT2D eigenvalue weighted by atomic mass is 10.1. The van der Waals surface area contributed by atoms with Crippen molar-refractivity contribution in [3.8, 4) is 0 Å². The second kappa shape index (κ2) is 2.90. The predicted octanol–water partition coefficient (Wildman–Crippen LogP) is 1.51. The van der Waals surface area contributed by atoms with Gasteiger partial charge in [0.05, 0.1) is 23.5 Å². The summed E-state index contributed by atoms with van der Waals surface area (Å²) in [5, 5.41) is 11.8. The molecule has 0 aromatic heterocycles. The fourth-order valence-corrected chi connectivity index (χ4v) is 1.22. The summed E-state index contributed by atoms with van der Waals surface area (Å²) in [5.41, 5.74) is 1.85. The monoisotopic (exact) mass is 176 g/mol. The first-order chi connectivity index (χ1) is 6.27. The summed E-state index contributed by atoms with van der Waals surface area (Å²) in [6.45, 7) is 0.649. The third-order valence-electron chi connectivity index (χ3n) is 1.86. The Balaban J connectivity index is 2.48. The maximum absolute atomic E-state index is 10.6. The maximum Gasteiger partial charge on any atom is 0.335 e. The van der Waals surface area contributed by atoms with Crippen LogP contribution in [0, 0.1) is 0 Å². The molecule has 66 valence electrons. The first kappa shape index (κ1) is 7.79. The van der Waals surface area contributed by atoms with Gasteiger partial charge in [0.1, 0.15) is 0 Å². The normalized spacial score (nSPS) is 13.2. The Bertz CT molecular complexity index is 385. The Kier molecular flexibility index (Phi) is 1.73. The number of aromatic carboxylic acids is 1. The zero-order valence-electron chi connectivity index (χ0n) is 6.82. The van der Waals surface area contributed by atoms with Gasteiger partial charge >= 0.3 is 5.97 Å². The van der Waals surface area contributed by atoms with Gasteiger partial charge in [-0.3, -0.25) is 4.99 Å². The second-order valence-electron chi connectivity index (χ2n) is 2.73. The van der Waals surface area contributed by atoms with Gasteiger partial charge in [-0.25, -0.2) is 4.79 Å². The van der Waals surface area contributed by atoms with Crippen LogP contribution >= 0.6 is 0 Å². The van der Waals surface area contributed by atoms with Crippen molar-refractivity contribution >= 4 is 23.6 Å². The molecule has 1 aromatic rings. The van der Waals surface area contributed by atoms with Crippen LogP contribution in [0.15, 0.2) is 23.2 Å². The van der Waals surface area contributed by atoms with Crippen molar-refractivity contribution in [3.05, 3.63) is 23.8 Å². The van der Waals surface area contributed by atoms with E-state index in [0.29, 0.717) is 6.54 Å². The lowest BCUT2D eigenvalue weighted by molar-refractivity contribution is 0.0697. The molecule has 1 aromatic carbocycles. The molecule has 2 N–H and O–H groups in total. The summed E-state index contributed by atoms with van der Waals surface area (Å²) < 4.78 is 0. The van der Waals surface area contributed by atoms with Crippen molar-refractivity contribution < 1.29 is 9.90 Å². The van der Waals surface area contributed by atoms with E-state index in [0.717, 1.165) is 11.4 Å². The highest BCUT2D eigenvalue weighted by Crippen LogP contribution is 2.27. The molecule has 1 heterocycles. The number of carbonyl (C=O) groups is 1. The zero-order valence-corrected chi connectivity index (χ0v) is 6.82. The highest BCUT2D eigenvalue weighted by atomic mass is 16.4. The van der Waals surface area contributed by atoms with Gasteiger partial charge in [0.15, 0.2) is 0 Å². The van der Waals surface area contributed by atoms with E-state index < -0.39 is 5.97 Å². The van der Waals surface area contributed by atoms with Crippen LogP contribution in [0.25, 0.3) is 0 Å². The van der Waals surface area contributed by atoms with E-state index >= 15 is 0 Å². The number of benzene rings is 1. The number of anilines is 1. The summed E-state index contributed by atoms with van der Waals surface area (Å²) in [5.74, 6) is -0.917. The van der Waals surface area contributed by atoms with E-state index in [9.17, 15) is 4.79 Å². The van der Waals surface area contributed by atoms with Crippen LogP contribution in [0.1, 0.15) is 10.4 Å². The van der Waals surface area contributed by atoms with Crippen LogP contribution in [0.4, 0.5) is 11.4 Å². The van der Waals surface area contributed by atoms with Crippen LogP contribution in [-0.4, -0.2) is 23.8 Å². The molecule has 1 aliphatic rings. The molecule has 1 aliphatic heterocycles. The van der Waals surface area contributed by atoms with Gasteiger partial charge in [0, 0.05) is 6.21 Å². The molecule has 0 bridgehead atoms. The second-order valence-corrected chi connectivity index (χ2v) is 2.73. The standard InChI is InChI=1S/C9H8N2O2/c12-9(13)6-1-2-7-8(5-6)11-4-3-10-7/h1-3,5,11H,4H2,(H,12,13). The topological polar surface area (TPSA) is 61.7 Å². The largest absolute Gasteiger partial charge is 0.478 e. The molecule has 4 nitrogen and oxygen atoms in total. The van der Waals surface area contributed by atoms with Crippen molar-refractivity contribution in [3.63, 3.8) is 0 Å². The Morgan fingerprint density at radius 3 is 3.15 bits per heavy atom. The molecular formula is C9H8N2O2. The molecule has 0 spiro atoms. The lowest BCUT2D eigenvalue weighted by Gasteiger charge is -2.11. The number of hydrogen-bond donors (Lipinski definition) is 2. The van der Waals surface area contributed by atoms with Crippen LogP contribution in [0.2, 0.25) is 0 Å². The molecule has 4 heteroatoms. The molecule has 0 amide bonds. The molecule has 2 rings (SSSR count). The zero-order chi connectivity index (χ0) is 9.26. The fourth-order valence-electron chi connectivity index (χ4n) is 1.22. The van der Waals surface area contributed by atoms with Crippen molar-refractivity contribution in [2.24, 2.45) is 4.99 Å². The number of nitrogens with one attached hydrogen (secondary N) is 1. The Morgan fingerprint density at radius 1 is 1.54 bits per heavy atom. The molecule has 0 unspecified atom stereocenters. The number of aliphatic imine (C=N–C) groups is 1. The number of rotatable bonds is 1. The summed E-state index contributed by atoms with van der Waals surface area (Å²) in [7, 11) is 0. The van der Waals surface area contributed by atoms with Crippen molar-refractivity contribution in [2.45, 2.75) is 0 Å². The third-order valence-corrected chi connectivity index (χ3v) is 1.86. The van der Waals surface area contributed by atoms with Gasteiger partial charge in [0.2, 0.25) is 0 Å². The summed E-state index contributed by atoms with van der Waals surface area (Å²) in [6, 6.07) is 4.83. The minimum Gasteiger partial charge on any atom is -0.478 e. The van der Waals surface area contributed by atoms with Gasteiger partial charge < -0.3 is 10.4 Å². The third kappa shape index (κ3) is 1.38. The number of carboxylic acid groups (broad SMARTS) is 1. The molecule has 0 saturated heterocycles. The Labute approximate surface area is 74.9 Å². The molecule has 0 aliphatic carbocycles. The molecular weight excluding hydrogens is 168 g/mol. The van der Waals surface area contributed by atoms with E-state index in [1.54, 1.807) is 24.4 Å². The van der Waals surface area contributed by atoms with Crippen LogP contribution in [0.5, 0.6) is 0 Å². The average molecular weight is 176 g/mol. The van der Waals surface area contributed by atoms with Crippen LogP contribution < -0.4 is 5.32 Å². The maximum atomic E-state index is 10.6. The van der Waals surface area contributed by atoms with Gasteiger partial charge in [-0.2, -0.15) is 0 Å². The van der Waals surface area contributed by atoms with Gasteiger partial charge in [-0.05, 0) is 18.2 Å². The van der Waals surface area contributed by atoms with E-state index in [1.807, 2.05) is 0 Å². The highest BCUT2D eigenvalue weighted by Gasteiger charge is 2.08. The first-order valence-corrected chi connectivity index (χ1v) is 3.91. The predicted molar refractivity (Wildman–Crippen MR) is 50.0 cm³/mol. The number of nitrogens with zero attached hydrogens (tertiary/aromatic N) is 1. The van der Waals surface area contributed by atoms with E-state index in [-0.39, 0.29) is 5.56 Å². The lowest BCUT2D eigenvalue weighted by Crippen LogP contribution is -2.07. The van der Waals surface area contributed by atoms with E-state index in [1.165, 1.54) is 0 Å². The number of carboxylic acids is 1. The van der Waals surface area contributed by atoms with Crippen molar-refractivity contribution in [2.75, 3.05) is 11.9 Å². The number of fused-ring (bicyclic) bond motifs is 1. The van der Waals surface area contributed by atoms with Crippen molar-refractivity contribution in [1.29, 1.82) is 0 Å². The van der Waals surface area contributed by atoms with Crippen LogP contribution in [-0.2, 0) is 0 Å². The fraction of sp³-hybridized carbons (Fsp3) is 0.111. The Morgan fingerprint density at radius 2 is 2.38 bits per heavy atom. The smallest absolute Gasteiger partial charge is 0.335 e. The highest BCUT2D eigenvalue weighted by molar-refractivity contribution is 5.91. The molecule has 0 radical (unpaired) electrons. The molecule has 13 heavy (non-hydrogen) atoms. The van der Waals surface area contributed by atoms with Crippen LogP contribution in [0.3, 0.4) is 0 Å². The summed E-state index contributed by atoms with van der Waals surface area (Å²) in [6.07, 6.45) is 1.75. The quantitative estimate of drug-likeness (QED) is 0.681. The minimum atomic E-state index is -0.917. The van der Waals surface area contributed by atoms with Gasteiger partial charge in [-0.1, -0.05) is 0 Å². The molecule has 0 saturated carbocycles. The molecule has 0 fully saturated rings. The van der Waals surface area contributed by atoms with E-state index in [2.05, 4.69) is 10.3 Å². The summed E-state index contributed by atoms with van der Waals surface area (Å²) in [4.78, 5) is 14.7. The van der Waals surface area contributed by atoms with Crippen molar-refractivity contribution in [1.82, 2.24) is 0 Å². The Hall–Kier alpha value is -1.84. The summed E-state index contributed by atoms with van der Waals surface area (Å²) >= 11 is 0. The minimum absolute atomic E-state index is 0.281.